The minimum atomic E-state index is 0.461. The van der Waals surface area contributed by atoms with Crippen molar-refractivity contribution in [2.75, 3.05) is 32.7 Å². The lowest BCUT2D eigenvalue weighted by molar-refractivity contribution is 0.259. The second-order valence-corrected chi connectivity index (χ2v) is 6.57. The van der Waals surface area contributed by atoms with Crippen molar-refractivity contribution in [3.63, 3.8) is 0 Å². The molecule has 8 nitrogen and oxygen atoms in total. The number of nitrogens with zero attached hydrogens (tertiary/aromatic N) is 5. The molecule has 0 radical (unpaired) electrons. The van der Waals surface area contributed by atoms with Crippen LogP contribution in [0.25, 0.3) is 11.6 Å². The molecule has 0 aromatic carbocycles. The molecule has 8 heteroatoms. The van der Waals surface area contributed by atoms with E-state index < -0.39 is 0 Å². The van der Waals surface area contributed by atoms with Crippen LogP contribution in [-0.2, 0) is 6.54 Å². The first kappa shape index (κ1) is 16.8. The SMILES string of the molecule is CCNC(=NCc1nc(-c2ccco2)n[nH]1)N1CCC(N2CC=CC2)C1. The van der Waals surface area contributed by atoms with Crippen LogP contribution < -0.4 is 5.32 Å². The van der Waals surface area contributed by atoms with Crippen molar-refractivity contribution in [1.29, 1.82) is 0 Å². The molecule has 2 aliphatic rings. The second-order valence-electron chi connectivity index (χ2n) is 6.57. The molecule has 4 heterocycles. The lowest BCUT2D eigenvalue weighted by Gasteiger charge is -2.25. The van der Waals surface area contributed by atoms with E-state index in [2.05, 4.69) is 49.4 Å². The highest BCUT2D eigenvalue weighted by Gasteiger charge is 2.29. The molecule has 0 bridgehead atoms. The first-order chi connectivity index (χ1) is 12.8. The summed E-state index contributed by atoms with van der Waals surface area (Å²) in [6.07, 6.45) is 7.30. The van der Waals surface area contributed by atoms with Crippen molar-refractivity contribution in [2.24, 2.45) is 4.99 Å². The van der Waals surface area contributed by atoms with E-state index in [0.29, 0.717) is 24.2 Å². The summed E-state index contributed by atoms with van der Waals surface area (Å²) in [5, 5.41) is 10.5. The van der Waals surface area contributed by atoms with Gasteiger partial charge in [0.05, 0.1) is 6.26 Å². The van der Waals surface area contributed by atoms with Gasteiger partial charge in [0, 0.05) is 38.8 Å². The van der Waals surface area contributed by atoms with Gasteiger partial charge in [-0.3, -0.25) is 10.00 Å². The summed E-state index contributed by atoms with van der Waals surface area (Å²) in [5.41, 5.74) is 0. The van der Waals surface area contributed by atoms with Crippen molar-refractivity contribution in [3.8, 4) is 11.6 Å². The Kier molecular flexibility index (Phi) is 5.01. The van der Waals surface area contributed by atoms with Gasteiger partial charge in [-0.1, -0.05) is 12.2 Å². The maximum Gasteiger partial charge on any atom is 0.216 e. The molecule has 1 fully saturated rings. The monoisotopic (exact) mass is 355 g/mol. The Bertz CT molecular complexity index is 756. The molecular formula is C18H25N7O. The fourth-order valence-electron chi connectivity index (χ4n) is 3.48. The molecule has 26 heavy (non-hydrogen) atoms. The Hall–Kier alpha value is -2.61. The first-order valence-electron chi connectivity index (χ1n) is 9.21. The number of likely N-dealkylation sites (tertiary alicyclic amines) is 1. The standard InChI is InChI=1S/C18H25N7O/c1-2-19-18(25-10-7-14(13-25)24-8-3-4-9-24)20-12-16-21-17(23-22-16)15-6-5-11-26-15/h3-6,11,14H,2,7-10,12-13H2,1H3,(H,19,20)(H,21,22,23). The first-order valence-corrected chi connectivity index (χ1v) is 9.21. The maximum atomic E-state index is 5.33. The summed E-state index contributed by atoms with van der Waals surface area (Å²) < 4.78 is 5.33. The molecule has 0 amide bonds. The number of hydrogen-bond acceptors (Lipinski definition) is 5. The molecular weight excluding hydrogens is 330 g/mol. The molecule has 2 aromatic heterocycles. The normalized spacial score (nSPS) is 21.0. The molecule has 138 valence electrons. The topological polar surface area (TPSA) is 85.6 Å². The molecule has 0 aliphatic carbocycles. The third-order valence-electron chi connectivity index (χ3n) is 4.81. The molecule has 1 unspecified atom stereocenters. The highest BCUT2D eigenvalue weighted by Crippen LogP contribution is 2.18. The summed E-state index contributed by atoms with van der Waals surface area (Å²) in [4.78, 5) is 14.1. The summed E-state index contributed by atoms with van der Waals surface area (Å²) in [7, 11) is 0. The molecule has 1 saturated heterocycles. The lowest BCUT2D eigenvalue weighted by atomic mass is 10.2. The predicted molar refractivity (Wildman–Crippen MR) is 99.6 cm³/mol. The van der Waals surface area contributed by atoms with Crippen LogP contribution in [0.15, 0.2) is 40.0 Å². The molecule has 1 atom stereocenters. The number of aromatic amines is 1. The Labute approximate surface area is 153 Å². The van der Waals surface area contributed by atoms with E-state index >= 15 is 0 Å². The van der Waals surface area contributed by atoms with E-state index in [4.69, 9.17) is 9.41 Å². The minimum absolute atomic E-state index is 0.461. The van der Waals surface area contributed by atoms with E-state index in [9.17, 15) is 0 Å². The summed E-state index contributed by atoms with van der Waals surface area (Å²) in [6, 6.07) is 4.27. The highest BCUT2D eigenvalue weighted by molar-refractivity contribution is 5.80. The number of guanidine groups is 1. The number of aliphatic imine (C=N–C) groups is 1. The van der Waals surface area contributed by atoms with Gasteiger partial charge in [0.2, 0.25) is 5.82 Å². The maximum absolute atomic E-state index is 5.33. The highest BCUT2D eigenvalue weighted by atomic mass is 16.3. The van der Waals surface area contributed by atoms with Crippen molar-refractivity contribution in [2.45, 2.75) is 25.9 Å². The summed E-state index contributed by atoms with van der Waals surface area (Å²) in [5.74, 6) is 2.89. The lowest BCUT2D eigenvalue weighted by Crippen LogP contribution is -2.42. The third-order valence-corrected chi connectivity index (χ3v) is 4.81. The fourth-order valence-corrected chi connectivity index (χ4v) is 3.48. The van der Waals surface area contributed by atoms with Gasteiger partial charge in [-0.05, 0) is 25.5 Å². The average molecular weight is 355 g/mol. The Morgan fingerprint density at radius 3 is 3.08 bits per heavy atom. The summed E-state index contributed by atoms with van der Waals surface area (Å²) >= 11 is 0. The van der Waals surface area contributed by atoms with Crippen LogP contribution in [0.2, 0.25) is 0 Å². The van der Waals surface area contributed by atoms with Gasteiger partial charge in [0.1, 0.15) is 12.4 Å². The Balaban J connectivity index is 1.40. The number of rotatable bonds is 5. The molecule has 2 aliphatic heterocycles. The van der Waals surface area contributed by atoms with Crippen LogP contribution in [0.4, 0.5) is 0 Å². The number of nitrogens with one attached hydrogen (secondary N) is 2. The quantitative estimate of drug-likeness (QED) is 0.480. The summed E-state index contributed by atoms with van der Waals surface area (Å²) in [6.45, 7) is 7.58. The van der Waals surface area contributed by atoms with Gasteiger partial charge in [-0.15, -0.1) is 5.10 Å². The van der Waals surface area contributed by atoms with E-state index in [0.717, 1.165) is 44.5 Å². The van der Waals surface area contributed by atoms with Gasteiger partial charge in [0.15, 0.2) is 11.7 Å². The number of hydrogen-bond donors (Lipinski definition) is 2. The van der Waals surface area contributed by atoms with E-state index in [-0.39, 0.29) is 0 Å². The molecule has 4 rings (SSSR count). The van der Waals surface area contributed by atoms with Gasteiger partial charge < -0.3 is 14.6 Å². The molecule has 2 aromatic rings. The van der Waals surface area contributed by atoms with Crippen molar-refractivity contribution in [3.05, 3.63) is 36.4 Å². The van der Waals surface area contributed by atoms with Gasteiger partial charge >= 0.3 is 0 Å². The van der Waals surface area contributed by atoms with Crippen molar-refractivity contribution in [1.82, 2.24) is 30.3 Å². The van der Waals surface area contributed by atoms with Crippen molar-refractivity contribution < 1.29 is 4.42 Å². The van der Waals surface area contributed by atoms with Gasteiger partial charge in [-0.25, -0.2) is 9.98 Å². The van der Waals surface area contributed by atoms with Crippen molar-refractivity contribution >= 4 is 5.96 Å². The van der Waals surface area contributed by atoms with Crippen LogP contribution in [0.5, 0.6) is 0 Å². The van der Waals surface area contributed by atoms with E-state index in [1.807, 2.05) is 12.1 Å². The smallest absolute Gasteiger partial charge is 0.216 e. The van der Waals surface area contributed by atoms with Crippen LogP contribution in [0.1, 0.15) is 19.2 Å². The number of furan rings is 1. The van der Waals surface area contributed by atoms with Gasteiger partial charge in [-0.2, -0.15) is 0 Å². The predicted octanol–water partition coefficient (Wildman–Crippen LogP) is 1.48. The van der Waals surface area contributed by atoms with Crippen LogP contribution in [0.3, 0.4) is 0 Å². The third kappa shape index (κ3) is 3.65. The number of H-pyrrole nitrogens is 1. The molecule has 2 N–H and O–H groups in total. The fraction of sp³-hybridized carbons (Fsp3) is 0.500. The largest absolute Gasteiger partial charge is 0.461 e. The second kappa shape index (κ2) is 7.74. The molecule has 0 spiro atoms. The number of aromatic nitrogens is 3. The zero-order chi connectivity index (χ0) is 17.8. The van der Waals surface area contributed by atoms with E-state index in [1.54, 1.807) is 6.26 Å². The van der Waals surface area contributed by atoms with Crippen LogP contribution in [-0.4, -0.2) is 69.7 Å². The van der Waals surface area contributed by atoms with Crippen LogP contribution >= 0.6 is 0 Å². The average Bonchev–Trinajstić information content (AvgIpc) is 3.44. The minimum Gasteiger partial charge on any atom is -0.461 e. The van der Waals surface area contributed by atoms with Crippen LogP contribution in [0, 0.1) is 0 Å². The molecule has 0 saturated carbocycles. The van der Waals surface area contributed by atoms with Gasteiger partial charge in [0.25, 0.3) is 0 Å². The zero-order valence-corrected chi connectivity index (χ0v) is 15.1. The Morgan fingerprint density at radius 2 is 2.31 bits per heavy atom. The zero-order valence-electron chi connectivity index (χ0n) is 15.1. The Morgan fingerprint density at radius 1 is 1.42 bits per heavy atom. The van der Waals surface area contributed by atoms with E-state index in [1.165, 1.54) is 6.42 Å².